The topological polar surface area (TPSA) is 130 Å². The first kappa shape index (κ1) is 17.4. The first-order valence-electron chi connectivity index (χ1n) is 4.93. The number of amidine groups is 1. The van der Waals surface area contributed by atoms with Gasteiger partial charge in [-0.2, -0.15) is 0 Å². The molecule has 0 spiro atoms. The van der Waals surface area contributed by atoms with E-state index in [0.717, 1.165) is 0 Å². The summed E-state index contributed by atoms with van der Waals surface area (Å²) in [5, 5.41) is 16.5. The summed E-state index contributed by atoms with van der Waals surface area (Å²) in [4.78, 5) is 21.7. The number of nitrogens with one attached hydrogen (secondary N) is 1. The van der Waals surface area contributed by atoms with Crippen molar-refractivity contribution in [3.05, 3.63) is 34.3 Å². The second-order valence-electron chi connectivity index (χ2n) is 3.76. The molecule has 1 atom stereocenters. The van der Waals surface area contributed by atoms with Gasteiger partial charge in [-0.1, -0.05) is 17.7 Å². The summed E-state index contributed by atoms with van der Waals surface area (Å²) in [7, 11) is 0. The molecule has 0 heterocycles. The fourth-order valence-electron chi connectivity index (χ4n) is 1.47. The van der Waals surface area contributed by atoms with Crippen molar-refractivity contribution in [3.63, 3.8) is 0 Å². The van der Waals surface area contributed by atoms with Gasteiger partial charge in [0.25, 0.3) is 0 Å². The number of benzene rings is 1. The molecule has 1 aromatic carbocycles. The zero-order valence-corrected chi connectivity index (χ0v) is 11.3. The predicted octanol–water partition coefficient (Wildman–Crippen LogP) is 0.873. The van der Waals surface area contributed by atoms with E-state index >= 15 is 0 Å². The van der Waals surface area contributed by atoms with Gasteiger partial charge in [0.1, 0.15) is 17.7 Å². The molecule has 0 bridgehead atoms. The molecule has 1 unspecified atom stereocenters. The van der Waals surface area contributed by atoms with E-state index in [9.17, 15) is 9.59 Å². The Morgan fingerprint density at radius 3 is 2.47 bits per heavy atom. The highest BCUT2D eigenvalue weighted by Gasteiger charge is 2.36. The van der Waals surface area contributed by atoms with Gasteiger partial charge in [0.15, 0.2) is 0 Å². The van der Waals surface area contributed by atoms with Gasteiger partial charge in [0.2, 0.25) is 0 Å². The molecule has 0 radical (unpaired) electrons. The molecule has 104 valence electrons. The van der Waals surface area contributed by atoms with Crippen molar-refractivity contribution in [2.24, 2.45) is 11.5 Å². The van der Waals surface area contributed by atoms with Gasteiger partial charge in [-0.15, -0.1) is 12.4 Å². The fraction of sp³-hybridized carbons (Fsp3) is 0.182. The standard InChI is InChI=1S/C11H12ClN3O3.ClH/c12-8-5-6(1-2-7(8)9(13)14)11(15,3-4-16)10(17)18;/h1-2,4-5H,3,15H2,(H3,13,14)(H,17,18);1H. The summed E-state index contributed by atoms with van der Waals surface area (Å²) in [5.41, 5.74) is 9.60. The molecule has 0 aliphatic carbocycles. The maximum atomic E-state index is 11.1. The minimum Gasteiger partial charge on any atom is -0.480 e. The molecule has 0 saturated carbocycles. The monoisotopic (exact) mass is 305 g/mol. The number of carbonyl (C=O) groups is 2. The Morgan fingerprint density at radius 1 is 1.53 bits per heavy atom. The first-order chi connectivity index (χ1) is 8.32. The number of halogens is 2. The van der Waals surface area contributed by atoms with Gasteiger partial charge in [0.05, 0.1) is 5.02 Å². The molecular weight excluding hydrogens is 293 g/mol. The minimum absolute atomic E-state index is 0. The molecule has 1 rings (SSSR count). The Labute approximate surface area is 120 Å². The first-order valence-corrected chi connectivity index (χ1v) is 5.31. The Bertz CT molecular complexity index is 522. The molecule has 0 aliphatic heterocycles. The van der Waals surface area contributed by atoms with E-state index in [1.807, 2.05) is 0 Å². The van der Waals surface area contributed by atoms with E-state index in [0.29, 0.717) is 6.29 Å². The molecule has 19 heavy (non-hydrogen) atoms. The maximum Gasteiger partial charge on any atom is 0.328 e. The van der Waals surface area contributed by atoms with E-state index in [2.05, 4.69) is 0 Å². The lowest BCUT2D eigenvalue weighted by Gasteiger charge is -2.23. The van der Waals surface area contributed by atoms with Crippen molar-refractivity contribution >= 4 is 42.1 Å². The lowest BCUT2D eigenvalue weighted by molar-refractivity contribution is -0.144. The second-order valence-corrected chi connectivity index (χ2v) is 4.16. The molecule has 8 heteroatoms. The van der Waals surface area contributed by atoms with Crippen LogP contribution in [0.4, 0.5) is 0 Å². The smallest absolute Gasteiger partial charge is 0.328 e. The highest BCUT2D eigenvalue weighted by molar-refractivity contribution is 6.34. The van der Waals surface area contributed by atoms with Crippen LogP contribution in [-0.2, 0) is 15.1 Å². The zero-order valence-electron chi connectivity index (χ0n) is 9.72. The van der Waals surface area contributed by atoms with Gasteiger partial charge in [-0.25, -0.2) is 4.79 Å². The van der Waals surface area contributed by atoms with Gasteiger partial charge in [0, 0.05) is 12.0 Å². The van der Waals surface area contributed by atoms with E-state index < -0.39 is 11.5 Å². The van der Waals surface area contributed by atoms with Crippen LogP contribution in [0, 0.1) is 5.41 Å². The number of hydrogen-bond donors (Lipinski definition) is 4. The third kappa shape index (κ3) is 3.44. The van der Waals surface area contributed by atoms with Crippen LogP contribution < -0.4 is 11.5 Å². The average Bonchev–Trinajstić information content (AvgIpc) is 2.28. The fourth-order valence-corrected chi connectivity index (χ4v) is 1.75. The summed E-state index contributed by atoms with van der Waals surface area (Å²) < 4.78 is 0. The number of nitrogen functional groups attached to an aromatic ring is 1. The molecule has 6 N–H and O–H groups in total. The van der Waals surface area contributed by atoms with Crippen LogP contribution in [0.25, 0.3) is 0 Å². The number of carboxylic acid groups (broad SMARTS) is 1. The Kier molecular flexibility index (Phi) is 5.95. The second kappa shape index (κ2) is 6.51. The lowest BCUT2D eigenvalue weighted by atomic mass is 9.87. The van der Waals surface area contributed by atoms with Crippen molar-refractivity contribution < 1.29 is 14.7 Å². The van der Waals surface area contributed by atoms with Crippen LogP contribution in [-0.4, -0.2) is 23.2 Å². The molecule has 0 aromatic heterocycles. The van der Waals surface area contributed by atoms with Crippen LogP contribution in [0.5, 0.6) is 0 Å². The SMILES string of the molecule is Cl.N=C(N)c1ccc(C(N)(CC=O)C(=O)O)cc1Cl. The summed E-state index contributed by atoms with van der Waals surface area (Å²) in [5.74, 6) is -1.57. The zero-order chi connectivity index (χ0) is 13.9. The number of carbonyl (C=O) groups excluding carboxylic acids is 1. The summed E-state index contributed by atoms with van der Waals surface area (Å²) in [6.45, 7) is 0. The highest BCUT2D eigenvalue weighted by Crippen LogP contribution is 2.26. The quantitative estimate of drug-likeness (QED) is 0.364. The van der Waals surface area contributed by atoms with Gasteiger partial charge < -0.3 is 21.4 Å². The van der Waals surface area contributed by atoms with Crippen molar-refractivity contribution in [2.75, 3.05) is 0 Å². The third-order valence-electron chi connectivity index (χ3n) is 2.56. The Hall–Kier alpha value is -1.63. The molecule has 6 nitrogen and oxygen atoms in total. The summed E-state index contributed by atoms with van der Waals surface area (Å²) >= 11 is 5.88. The predicted molar refractivity (Wildman–Crippen MR) is 73.9 cm³/mol. The minimum atomic E-state index is -1.83. The molecule has 1 aromatic rings. The molecule has 0 saturated heterocycles. The van der Waals surface area contributed by atoms with Gasteiger partial charge in [-0.3, -0.25) is 5.41 Å². The summed E-state index contributed by atoms with van der Waals surface area (Å²) in [6.07, 6.45) is 0.0546. The third-order valence-corrected chi connectivity index (χ3v) is 2.87. The number of carboxylic acids is 1. The lowest BCUT2D eigenvalue weighted by Crippen LogP contribution is -2.45. The van der Waals surface area contributed by atoms with Gasteiger partial charge in [-0.05, 0) is 17.7 Å². The van der Waals surface area contributed by atoms with Crippen molar-refractivity contribution in [2.45, 2.75) is 12.0 Å². The van der Waals surface area contributed by atoms with Crippen LogP contribution >= 0.6 is 24.0 Å². The molecular formula is C11H13Cl2N3O3. The highest BCUT2D eigenvalue weighted by atomic mass is 35.5. The molecule has 0 fully saturated rings. The van der Waals surface area contributed by atoms with E-state index in [1.54, 1.807) is 0 Å². The number of aldehydes is 1. The van der Waals surface area contributed by atoms with Crippen LogP contribution in [0.1, 0.15) is 17.5 Å². The number of hydrogen-bond acceptors (Lipinski definition) is 4. The van der Waals surface area contributed by atoms with Crippen LogP contribution in [0.3, 0.4) is 0 Å². The van der Waals surface area contributed by atoms with Crippen LogP contribution in [0.15, 0.2) is 18.2 Å². The molecule has 0 aliphatic rings. The number of aliphatic carboxylic acids is 1. The largest absolute Gasteiger partial charge is 0.480 e. The van der Waals surface area contributed by atoms with Crippen molar-refractivity contribution in [1.29, 1.82) is 5.41 Å². The Balaban J connectivity index is 0.00000324. The summed E-state index contributed by atoms with van der Waals surface area (Å²) in [6, 6.07) is 4.09. The normalized spacial score (nSPS) is 12.9. The molecule has 0 amide bonds. The van der Waals surface area contributed by atoms with Crippen LogP contribution in [0.2, 0.25) is 5.02 Å². The Morgan fingerprint density at radius 2 is 2.11 bits per heavy atom. The van der Waals surface area contributed by atoms with E-state index in [-0.39, 0.29) is 40.8 Å². The van der Waals surface area contributed by atoms with Crippen molar-refractivity contribution in [3.8, 4) is 0 Å². The number of rotatable bonds is 5. The average molecular weight is 306 g/mol. The van der Waals surface area contributed by atoms with E-state index in [1.165, 1.54) is 18.2 Å². The van der Waals surface area contributed by atoms with E-state index in [4.69, 9.17) is 33.6 Å². The maximum absolute atomic E-state index is 11.1. The van der Waals surface area contributed by atoms with Gasteiger partial charge >= 0.3 is 5.97 Å². The number of nitrogens with two attached hydrogens (primary N) is 2. The van der Waals surface area contributed by atoms with Crippen molar-refractivity contribution in [1.82, 2.24) is 0 Å².